The molecule has 76 valence electrons. The van der Waals surface area contributed by atoms with Crippen LogP contribution in [0.1, 0.15) is 48.1 Å². The highest BCUT2D eigenvalue weighted by Crippen LogP contribution is 2.26. The fourth-order valence-electron chi connectivity index (χ4n) is 2.00. The van der Waals surface area contributed by atoms with Crippen LogP contribution < -0.4 is 5.73 Å². The second kappa shape index (κ2) is 3.20. The summed E-state index contributed by atoms with van der Waals surface area (Å²) >= 11 is 0. The summed E-state index contributed by atoms with van der Waals surface area (Å²) in [5, 5.41) is 4.43. The number of carbonyl (C=O) groups excluding carboxylic acids is 1. The SMILES string of the molecule is CC(C)n1nc2c(c1CN)C(=O)CC2. The summed E-state index contributed by atoms with van der Waals surface area (Å²) in [6.07, 6.45) is 1.38. The molecule has 0 unspecified atom stereocenters. The molecule has 0 radical (unpaired) electrons. The zero-order valence-electron chi connectivity index (χ0n) is 8.58. The molecule has 1 aliphatic rings. The Kier molecular flexibility index (Phi) is 2.15. The van der Waals surface area contributed by atoms with Crippen LogP contribution >= 0.6 is 0 Å². The average molecular weight is 193 g/mol. The second-order valence-corrected chi connectivity index (χ2v) is 3.93. The van der Waals surface area contributed by atoms with Gasteiger partial charge in [-0.25, -0.2) is 0 Å². The Morgan fingerprint density at radius 3 is 2.79 bits per heavy atom. The lowest BCUT2D eigenvalue weighted by Crippen LogP contribution is -2.13. The number of hydrogen-bond donors (Lipinski definition) is 1. The Morgan fingerprint density at radius 2 is 2.21 bits per heavy atom. The van der Waals surface area contributed by atoms with Gasteiger partial charge in [0.15, 0.2) is 5.78 Å². The van der Waals surface area contributed by atoms with E-state index in [4.69, 9.17) is 5.73 Å². The number of aryl methyl sites for hydroxylation is 1. The minimum absolute atomic E-state index is 0.201. The topological polar surface area (TPSA) is 60.9 Å². The molecule has 0 amide bonds. The number of Topliss-reactive ketones (excluding diaryl/α,β-unsaturated/α-hetero) is 1. The van der Waals surface area contributed by atoms with Crippen molar-refractivity contribution in [3.63, 3.8) is 0 Å². The van der Waals surface area contributed by atoms with Gasteiger partial charge in [-0.1, -0.05) is 0 Å². The molecular formula is C10H15N3O. The molecule has 0 fully saturated rings. The maximum absolute atomic E-state index is 11.6. The summed E-state index contributed by atoms with van der Waals surface area (Å²) in [7, 11) is 0. The lowest BCUT2D eigenvalue weighted by Gasteiger charge is -2.10. The van der Waals surface area contributed by atoms with E-state index in [0.29, 0.717) is 13.0 Å². The van der Waals surface area contributed by atoms with Gasteiger partial charge in [0.2, 0.25) is 0 Å². The summed E-state index contributed by atoms with van der Waals surface area (Å²) in [6, 6.07) is 0.270. The zero-order chi connectivity index (χ0) is 10.3. The highest BCUT2D eigenvalue weighted by molar-refractivity contribution is 6.01. The lowest BCUT2D eigenvalue weighted by molar-refractivity contribution is 0.0993. The van der Waals surface area contributed by atoms with Gasteiger partial charge in [-0.05, 0) is 20.3 Å². The molecule has 1 aromatic heterocycles. The first-order chi connectivity index (χ1) is 6.65. The molecule has 1 heterocycles. The molecule has 0 saturated carbocycles. The molecule has 0 saturated heterocycles. The molecule has 1 aromatic rings. The molecule has 0 aromatic carbocycles. The fraction of sp³-hybridized carbons (Fsp3) is 0.600. The minimum Gasteiger partial charge on any atom is -0.325 e. The number of carbonyl (C=O) groups is 1. The number of hydrogen-bond acceptors (Lipinski definition) is 3. The molecule has 4 nitrogen and oxygen atoms in total. The van der Waals surface area contributed by atoms with Crippen LogP contribution in [-0.4, -0.2) is 15.6 Å². The Bertz CT molecular complexity index is 379. The Hall–Kier alpha value is -1.16. The van der Waals surface area contributed by atoms with Crippen molar-refractivity contribution in [2.45, 2.75) is 39.3 Å². The summed E-state index contributed by atoms with van der Waals surface area (Å²) in [5.41, 5.74) is 8.28. The van der Waals surface area contributed by atoms with Crippen molar-refractivity contribution >= 4 is 5.78 Å². The third kappa shape index (κ3) is 1.18. The molecule has 14 heavy (non-hydrogen) atoms. The Morgan fingerprint density at radius 1 is 1.50 bits per heavy atom. The zero-order valence-corrected chi connectivity index (χ0v) is 8.58. The first kappa shape index (κ1) is 9.40. The quantitative estimate of drug-likeness (QED) is 0.763. The highest BCUT2D eigenvalue weighted by atomic mass is 16.1. The van der Waals surface area contributed by atoms with Gasteiger partial charge in [-0.2, -0.15) is 5.10 Å². The number of fused-ring (bicyclic) bond motifs is 1. The predicted molar refractivity (Wildman–Crippen MR) is 53.2 cm³/mol. The lowest BCUT2D eigenvalue weighted by atomic mass is 10.2. The maximum atomic E-state index is 11.6. The summed E-state index contributed by atoms with van der Waals surface area (Å²) in [6.45, 7) is 4.49. The molecule has 0 aliphatic heterocycles. The van der Waals surface area contributed by atoms with Crippen molar-refractivity contribution < 1.29 is 4.79 Å². The van der Waals surface area contributed by atoms with Crippen LogP contribution in [0.25, 0.3) is 0 Å². The molecule has 0 atom stereocenters. The van der Waals surface area contributed by atoms with E-state index in [9.17, 15) is 4.79 Å². The molecule has 4 heteroatoms. The molecule has 1 aliphatic carbocycles. The monoisotopic (exact) mass is 193 g/mol. The number of ketones is 1. The van der Waals surface area contributed by atoms with Gasteiger partial charge < -0.3 is 5.73 Å². The van der Waals surface area contributed by atoms with Gasteiger partial charge in [0.05, 0.1) is 17.0 Å². The van der Waals surface area contributed by atoms with Crippen molar-refractivity contribution in [3.8, 4) is 0 Å². The average Bonchev–Trinajstić information content (AvgIpc) is 2.66. The van der Waals surface area contributed by atoms with E-state index in [-0.39, 0.29) is 11.8 Å². The molecule has 2 rings (SSSR count). The molecule has 0 spiro atoms. The summed E-state index contributed by atoms with van der Waals surface area (Å²) in [4.78, 5) is 11.6. The van der Waals surface area contributed by atoms with Crippen molar-refractivity contribution in [2.75, 3.05) is 0 Å². The van der Waals surface area contributed by atoms with E-state index in [2.05, 4.69) is 5.10 Å². The van der Waals surface area contributed by atoms with E-state index in [1.54, 1.807) is 0 Å². The van der Waals surface area contributed by atoms with Crippen LogP contribution in [0.5, 0.6) is 0 Å². The number of nitrogens with zero attached hydrogens (tertiary/aromatic N) is 2. The fourth-order valence-corrected chi connectivity index (χ4v) is 2.00. The first-order valence-electron chi connectivity index (χ1n) is 4.98. The highest BCUT2D eigenvalue weighted by Gasteiger charge is 2.28. The van der Waals surface area contributed by atoms with E-state index >= 15 is 0 Å². The van der Waals surface area contributed by atoms with Crippen LogP contribution in [0, 0.1) is 0 Å². The molecular weight excluding hydrogens is 178 g/mol. The number of rotatable bonds is 2. The summed E-state index contributed by atoms with van der Waals surface area (Å²) < 4.78 is 1.88. The van der Waals surface area contributed by atoms with Crippen LogP contribution in [0.4, 0.5) is 0 Å². The Labute approximate surface area is 83.1 Å². The minimum atomic E-state index is 0.201. The van der Waals surface area contributed by atoms with E-state index < -0.39 is 0 Å². The van der Waals surface area contributed by atoms with Crippen molar-refractivity contribution in [1.29, 1.82) is 0 Å². The van der Waals surface area contributed by atoms with Crippen molar-refractivity contribution in [1.82, 2.24) is 9.78 Å². The standard InChI is InChI=1S/C10H15N3O/c1-6(2)13-8(5-11)10-7(12-13)3-4-9(10)14/h6H,3-5,11H2,1-2H3. The smallest absolute Gasteiger partial charge is 0.167 e. The Balaban J connectivity index is 2.57. The van der Waals surface area contributed by atoms with Gasteiger partial charge >= 0.3 is 0 Å². The van der Waals surface area contributed by atoms with E-state index in [1.165, 1.54) is 0 Å². The van der Waals surface area contributed by atoms with Gasteiger partial charge in [0, 0.05) is 19.0 Å². The van der Waals surface area contributed by atoms with Gasteiger partial charge in [-0.15, -0.1) is 0 Å². The van der Waals surface area contributed by atoms with E-state index in [0.717, 1.165) is 23.4 Å². The number of nitrogens with two attached hydrogens (primary N) is 1. The van der Waals surface area contributed by atoms with Crippen molar-refractivity contribution in [2.24, 2.45) is 5.73 Å². The van der Waals surface area contributed by atoms with Gasteiger partial charge in [0.25, 0.3) is 0 Å². The van der Waals surface area contributed by atoms with E-state index in [1.807, 2.05) is 18.5 Å². The third-order valence-corrected chi connectivity index (χ3v) is 2.63. The second-order valence-electron chi connectivity index (χ2n) is 3.93. The van der Waals surface area contributed by atoms with Gasteiger partial charge in [0.1, 0.15) is 0 Å². The first-order valence-corrected chi connectivity index (χ1v) is 4.98. The predicted octanol–water partition coefficient (Wildman–Crippen LogP) is 1.05. The normalized spacial score (nSPS) is 15.3. The molecule has 2 N–H and O–H groups in total. The molecule has 0 bridgehead atoms. The summed E-state index contributed by atoms with van der Waals surface area (Å²) in [5.74, 6) is 0.201. The van der Waals surface area contributed by atoms with Crippen LogP contribution in [0.3, 0.4) is 0 Å². The van der Waals surface area contributed by atoms with Crippen molar-refractivity contribution in [3.05, 3.63) is 17.0 Å². The third-order valence-electron chi connectivity index (χ3n) is 2.63. The van der Waals surface area contributed by atoms with Crippen LogP contribution in [-0.2, 0) is 13.0 Å². The number of aromatic nitrogens is 2. The largest absolute Gasteiger partial charge is 0.325 e. The van der Waals surface area contributed by atoms with Gasteiger partial charge in [-0.3, -0.25) is 9.48 Å². The van der Waals surface area contributed by atoms with Crippen LogP contribution in [0.2, 0.25) is 0 Å². The van der Waals surface area contributed by atoms with Crippen LogP contribution in [0.15, 0.2) is 0 Å². The maximum Gasteiger partial charge on any atom is 0.167 e.